The van der Waals surface area contributed by atoms with Crippen LogP contribution in [0.1, 0.15) is 41.1 Å². The molecule has 8 nitrogen and oxygen atoms in total. The molecule has 0 unspecified atom stereocenters. The number of anilines is 1. The first-order valence-corrected chi connectivity index (χ1v) is 10.2. The molecule has 1 aliphatic rings. The molecule has 1 atom stereocenters. The van der Waals surface area contributed by atoms with Crippen LogP contribution in [0.5, 0.6) is 5.75 Å². The van der Waals surface area contributed by atoms with Crippen molar-refractivity contribution in [1.29, 1.82) is 0 Å². The third-order valence-electron chi connectivity index (χ3n) is 4.66. The van der Waals surface area contributed by atoms with E-state index in [9.17, 15) is 19.7 Å². The van der Waals surface area contributed by atoms with Crippen molar-refractivity contribution < 1.29 is 24.0 Å². The van der Waals surface area contributed by atoms with Crippen molar-refractivity contribution in [2.45, 2.75) is 33.1 Å². The van der Waals surface area contributed by atoms with Crippen LogP contribution in [0.25, 0.3) is 0 Å². The SMILES string of the molecule is CCOC(=O)c1c(NC(=O)COc2ccc([N+](=O)[O-])cc2)sc2c1CC[C@H](C)C2. The third-order valence-corrected chi connectivity index (χ3v) is 5.83. The summed E-state index contributed by atoms with van der Waals surface area (Å²) in [6.07, 6.45) is 2.66. The molecular weight excluding hydrogens is 396 g/mol. The minimum Gasteiger partial charge on any atom is -0.484 e. The maximum absolute atomic E-state index is 12.5. The number of hydrogen-bond donors (Lipinski definition) is 1. The first kappa shape index (κ1) is 20.8. The highest BCUT2D eigenvalue weighted by Gasteiger charge is 2.29. The van der Waals surface area contributed by atoms with E-state index in [1.54, 1.807) is 6.92 Å². The molecule has 0 saturated heterocycles. The number of non-ortho nitro benzene ring substituents is 1. The number of nitrogens with one attached hydrogen (secondary N) is 1. The highest BCUT2D eigenvalue weighted by Crippen LogP contribution is 2.40. The van der Waals surface area contributed by atoms with E-state index < -0.39 is 16.8 Å². The van der Waals surface area contributed by atoms with Crippen LogP contribution in [-0.2, 0) is 22.4 Å². The fourth-order valence-corrected chi connectivity index (χ4v) is 4.65. The molecule has 1 aromatic carbocycles. The van der Waals surface area contributed by atoms with Crippen molar-refractivity contribution in [2.24, 2.45) is 5.92 Å². The molecule has 0 fully saturated rings. The maximum atomic E-state index is 12.5. The smallest absolute Gasteiger partial charge is 0.341 e. The van der Waals surface area contributed by atoms with Gasteiger partial charge in [-0.15, -0.1) is 11.3 Å². The monoisotopic (exact) mass is 418 g/mol. The number of carbonyl (C=O) groups excluding carboxylic acids is 2. The summed E-state index contributed by atoms with van der Waals surface area (Å²) in [5.74, 6) is 0.0348. The molecule has 0 saturated carbocycles. The van der Waals surface area contributed by atoms with Crippen LogP contribution in [0.15, 0.2) is 24.3 Å². The van der Waals surface area contributed by atoms with E-state index in [1.807, 2.05) is 0 Å². The summed E-state index contributed by atoms with van der Waals surface area (Å²) in [5, 5.41) is 13.9. The highest BCUT2D eigenvalue weighted by molar-refractivity contribution is 7.17. The summed E-state index contributed by atoms with van der Waals surface area (Å²) in [6.45, 7) is 3.90. The summed E-state index contributed by atoms with van der Waals surface area (Å²) in [5.41, 5.74) is 1.36. The lowest BCUT2D eigenvalue weighted by Crippen LogP contribution is -2.21. The van der Waals surface area contributed by atoms with Crippen molar-refractivity contribution in [3.8, 4) is 5.75 Å². The molecule has 1 aromatic heterocycles. The second-order valence-corrected chi connectivity index (χ2v) is 7.97. The maximum Gasteiger partial charge on any atom is 0.341 e. The standard InChI is InChI=1S/C20H22N2O6S/c1-3-27-20(24)18-15-9-4-12(2)10-16(15)29-19(18)21-17(23)11-28-14-7-5-13(6-8-14)22(25)26/h5-8,12H,3-4,9-11H2,1-2H3,(H,21,23)/t12-/m0/s1. The number of ether oxygens (including phenoxy) is 2. The van der Waals surface area contributed by atoms with E-state index in [4.69, 9.17) is 9.47 Å². The largest absolute Gasteiger partial charge is 0.484 e. The van der Waals surface area contributed by atoms with Crippen molar-refractivity contribution in [1.82, 2.24) is 0 Å². The van der Waals surface area contributed by atoms with Gasteiger partial charge in [0.25, 0.3) is 11.6 Å². The van der Waals surface area contributed by atoms with Gasteiger partial charge < -0.3 is 14.8 Å². The van der Waals surface area contributed by atoms with Gasteiger partial charge in [-0.2, -0.15) is 0 Å². The number of amides is 1. The predicted molar refractivity (Wildman–Crippen MR) is 109 cm³/mol. The molecule has 0 spiro atoms. The van der Waals surface area contributed by atoms with Crippen LogP contribution in [0, 0.1) is 16.0 Å². The number of esters is 1. The van der Waals surface area contributed by atoms with Gasteiger partial charge in [0, 0.05) is 17.0 Å². The van der Waals surface area contributed by atoms with Gasteiger partial charge in [-0.3, -0.25) is 14.9 Å². The lowest BCUT2D eigenvalue weighted by Gasteiger charge is -2.18. The molecule has 3 rings (SSSR count). The van der Waals surface area contributed by atoms with Gasteiger partial charge >= 0.3 is 5.97 Å². The minimum atomic E-state index is -0.507. The second kappa shape index (κ2) is 9.04. The van der Waals surface area contributed by atoms with E-state index in [0.29, 0.717) is 22.2 Å². The van der Waals surface area contributed by atoms with E-state index in [1.165, 1.54) is 35.6 Å². The second-order valence-electron chi connectivity index (χ2n) is 6.86. The first-order valence-electron chi connectivity index (χ1n) is 9.37. The van der Waals surface area contributed by atoms with Crippen LogP contribution < -0.4 is 10.1 Å². The molecule has 1 aliphatic carbocycles. The molecule has 9 heteroatoms. The summed E-state index contributed by atoms with van der Waals surface area (Å²) >= 11 is 1.41. The number of nitro groups is 1. The van der Waals surface area contributed by atoms with Crippen LogP contribution >= 0.6 is 11.3 Å². The van der Waals surface area contributed by atoms with Crippen molar-refractivity contribution in [2.75, 3.05) is 18.5 Å². The zero-order valence-corrected chi connectivity index (χ0v) is 17.0. The molecule has 1 amide bonds. The number of fused-ring (bicyclic) bond motifs is 1. The fraction of sp³-hybridized carbons (Fsp3) is 0.400. The van der Waals surface area contributed by atoms with Gasteiger partial charge in [-0.25, -0.2) is 4.79 Å². The van der Waals surface area contributed by atoms with Gasteiger partial charge in [-0.05, 0) is 49.8 Å². The van der Waals surface area contributed by atoms with Crippen LogP contribution in [0.3, 0.4) is 0 Å². The van der Waals surface area contributed by atoms with Gasteiger partial charge in [0.1, 0.15) is 10.8 Å². The van der Waals surface area contributed by atoms with Crippen molar-refractivity contribution in [3.63, 3.8) is 0 Å². The quantitative estimate of drug-likeness (QED) is 0.414. The van der Waals surface area contributed by atoms with Crippen LogP contribution in [0.2, 0.25) is 0 Å². The molecule has 0 radical (unpaired) electrons. The van der Waals surface area contributed by atoms with Gasteiger partial charge in [0.15, 0.2) is 6.61 Å². The Balaban J connectivity index is 1.70. The molecule has 1 heterocycles. The van der Waals surface area contributed by atoms with E-state index in [2.05, 4.69) is 12.2 Å². The van der Waals surface area contributed by atoms with E-state index >= 15 is 0 Å². The number of nitro benzene ring substituents is 1. The third kappa shape index (κ3) is 4.92. The molecule has 2 aromatic rings. The summed E-state index contributed by atoms with van der Waals surface area (Å²) in [6, 6.07) is 5.47. The lowest BCUT2D eigenvalue weighted by molar-refractivity contribution is -0.384. The Morgan fingerprint density at radius 1 is 1.31 bits per heavy atom. The molecular formula is C20H22N2O6S. The Morgan fingerprint density at radius 2 is 2.03 bits per heavy atom. The topological polar surface area (TPSA) is 108 Å². The average molecular weight is 418 g/mol. The highest BCUT2D eigenvalue weighted by atomic mass is 32.1. The van der Waals surface area contributed by atoms with Crippen molar-refractivity contribution in [3.05, 3.63) is 50.4 Å². The Hall–Kier alpha value is -2.94. The normalized spacial score (nSPS) is 15.3. The molecule has 29 heavy (non-hydrogen) atoms. The van der Waals surface area contributed by atoms with Crippen LogP contribution in [-0.4, -0.2) is 30.0 Å². The summed E-state index contributed by atoms with van der Waals surface area (Å²) < 4.78 is 10.6. The minimum absolute atomic E-state index is 0.0562. The predicted octanol–water partition coefficient (Wildman–Crippen LogP) is 3.98. The fourth-order valence-electron chi connectivity index (χ4n) is 3.23. The molecule has 1 N–H and O–H groups in total. The summed E-state index contributed by atoms with van der Waals surface area (Å²) in [4.78, 5) is 36.1. The molecule has 154 valence electrons. The molecule has 0 aliphatic heterocycles. The van der Waals surface area contributed by atoms with Crippen LogP contribution in [0.4, 0.5) is 10.7 Å². The number of nitrogens with zero attached hydrogens (tertiary/aromatic N) is 1. The van der Waals surface area contributed by atoms with Crippen molar-refractivity contribution >= 4 is 33.9 Å². The zero-order chi connectivity index (χ0) is 21.0. The van der Waals surface area contributed by atoms with Gasteiger partial charge in [0.2, 0.25) is 0 Å². The Morgan fingerprint density at radius 3 is 2.69 bits per heavy atom. The number of rotatable bonds is 7. The average Bonchev–Trinajstić information content (AvgIpc) is 3.03. The van der Waals surface area contributed by atoms with Gasteiger partial charge in [0.05, 0.1) is 17.1 Å². The number of benzene rings is 1. The van der Waals surface area contributed by atoms with E-state index in [-0.39, 0.29) is 18.9 Å². The Bertz CT molecular complexity index is 922. The first-order chi connectivity index (χ1) is 13.9. The summed E-state index contributed by atoms with van der Waals surface area (Å²) in [7, 11) is 0. The van der Waals surface area contributed by atoms with E-state index in [0.717, 1.165) is 29.7 Å². The lowest BCUT2D eigenvalue weighted by atomic mass is 9.88. The zero-order valence-electron chi connectivity index (χ0n) is 16.2. The molecule has 0 bridgehead atoms. The Labute approximate surface area is 172 Å². The number of thiophene rings is 1. The Kier molecular flexibility index (Phi) is 6.48. The number of carbonyl (C=O) groups is 2. The number of hydrogen-bond acceptors (Lipinski definition) is 7. The van der Waals surface area contributed by atoms with Gasteiger partial charge in [-0.1, -0.05) is 6.92 Å².